The number of thiophene rings is 1. The normalized spacial score (nSPS) is 12.0. The minimum atomic E-state index is -3.58. The SMILES string of the molecule is C=C(C)c1csc(S(=O)(=O)N(CC)CC)c1O. The van der Waals surface area contributed by atoms with Crippen LogP contribution in [0.3, 0.4) is 0 Å². The number of allylic oxidation sites excluding steroid dienone is 1. The van der Waals surface area contributed by atoms with Crippen molar-refractivity contribution in [3.8, 4) is 5.75 Å². The Morgan fingerprint density at radius 3 is 2.35 bits per heavy atom. The van der Waals surface area contributed by atoms with Gasteiger partial charge in [0, 0.05) is 24.0 Å². The van der Waals surface area contributed by atoms with Gasteiger partial charge in [0.1, 0.15) is 0 Å². The average Bonchev–Trinajstić information content (AvgIpc) is 2.62. The number of rotatable bonds is 5. The van der Waals surface area contributed by atoms with E-state index in [1.807, 2.05) is 0 Å². The lowest BCUT2D eigenvalue weighted by Crippen LogP contribution is -2.30. The summed E-state index contributed by atoms with van der Waals surface area (Å²) in [6, 6.07) is 0. The van der Waals surface area contributed by atoms with Crippen molar-refractivity contribution in [2.24, 2.45) is 0 Å². The molecule has 6 heteroatoms. The van der Waals surface area contributed by atoms with Crippen molar-refractivity contribution < 1.29 is 13.5 Å². The van der Waals surface area contributed by atoms with Crippen LogP contribution in [0.2, 0.25) is 0 Å². The molecule has 0 unspecified atom stereocenters. The molecule has 0 saturated carbocycles. The molecular weight excluding hydrogens is 258 g/mol. The highest BCUT2D eigenvalue weighted by atomic mass is 32.2. The van der Waals surface area contributed by atoms with Gasteiger partial charge in [-0.05, 0) is 12.5 Å². The summed E-state index contributed by atoms with van der Waals surface area (Å²) in [6.45, 7) is 9.75. The predicted molar refractivity (Wildman–Crippen MR) is 70.8 cm³/mol. The Morgan fingerprint density at radius 1 is 1.47 bits per heavy atom. The van der Waals surface area contributed by atoms with E-state index in [4.69, 9.17) is 0 Å². The van der Waals surface area contributed by atoms with Crippen LogP contribution >= 0.6 is 11.3 Å². The summed E-state index contributed by atoms with van der Waals surface area (Å²) < 4.78 is 25.7. The maximum absolute atomic E-state index is 12.2. The van der Waals surface area contributed by atoms with Crippen LogP contribution in [0.15, 0.2) is 16.2 Å². The van der Waals surface area contributed by atoms with Crippen LogP contribution in [-0.2, 0) is 10.0 Å². The molecule has 0 fully saturated rings. The maximum Gasteiger partial charge on any atom is 0.256 e. The molecule has 0 radical (unpaired) electrons. The van der Waals surface area contributed by atoms with Crippen molar-refractivity contribution in [2.45, 2.75) is 25.0 Å². The van der Waals surface area contributed by atoms with Gasteiger partial charge in [0.05, 0.1) is 0 Å². The Hall–Kier alpha value is -0.850. The molecule has 0 aliphatic rings. The first-order chi connectivity index (χ1) is 7.86. The van der Waals surface area contributed by atoms with E-state index in [2.05, 4.69) is 6.58 Å². The van der Waals surface area contributed by atoms with Gasteiger partial charge in [0.15, 0.2) is 9.96 Å². The minimum Gasteiger partial charge on any atom is -0.505 e. The zero-order valence-electron chi connectivity index (χ0n) is 10.2. The first-order valence-corrected chi connectivity index (χ1v) is 7.64. The van der Waals surface area contributed by atoms with Crippen LogP contribution in [0.5, 0.6) is 5.75 Å². The second-order valence-corrected chi connectivity index (χ2v) is 6.67. The molecule has 1 rings (SSSR count). The zero-order valence-corrected chi connectivity index (χ0v) is 11.9. The van der Waals surface area contributed by atoms with Gasteiger partial charge < -0.3 is 5.11 Å². The number of aromatic hydroxyl groups is 1. The second-order valence-electron chi connectivity index (χ2n) is 3.66. The Balaban J connectivity index is 3.30. The molecule has 1 N–H and O–H groups in total. The molecule has 0 aromatic carbocycles. The molecule has 1 aromatic heterocycles. The highest BCUT2D eigenvalue weighted by molar-refractivity contribution is 7.91. The number of sulfonamides is 1. The Morgan fingerprint density at radius 2 is 2.00 bits per heavy atom. The standard InChI is InChI=1S/C11H17NO3S2/c1-5-12(6-2)17(14,15)11-10(13)9(7-16-11)8(3)4/h7,13H,3,5-6H2,1-2,4H3. The fourth-order valence-corrected chi connectivity index (χ4v) is 4.48. The van der Waals surface area contributed by atoms with Crippen molar-refractivity contribution in [3.05, 3.63) is 17.5 Å². The number of hydrogen-bond donors (Lipinski definition) is 1. The molecule has 0 amide bonds. The third-order valence-electron chi connectivity index (χ3n) is 2.47. The van der Waals surface area contributed by atoms with Crippen LogP contribution in [0.4, 0.5) is 0 Å². The summed E-state index contributed by atoms with van der Waals surface area (Å²) in [7, 11) is -3.58. The van der Waals surface area contributed by atoms with Crippen LogP contribution in [-0.4, -0.2) is 30.9 Å². The molecular formula is C11H17NO3S2. The van der Waals surface area contributed by atoms with Crippen molar-refractivity contribution in [3.63, 3.8) is 0 Å². The Kier molecular flexibility index (Phi) is 4.35. The first kappa shape index (κ1) is 14.2. The average molecular weight is 275 g/mol. The largest absolute Gasteiger partial charge is 0.505 e. The van der Waals surface area contributed by atoms with E-state index >= 15 is 0 Å². The molecule has 17 heavy (non-hydrogen) atoms. The van der Waals surface area contributed by atoms with E-state index in [0.29, 0.717) is 24.2 Å². The van der Waals surface area contributed by atoms with Crippen molar-refractivity contribution in [1.82, 2.24) is 4.31 Å². The monoisotopic (exact) mass is 275 g/mol. The van der Waals surface area contributed by atoms with Crippen LogP contribution in [0.1, 0.15) is 26.3 Å². The maximum atomic E-state index is 12.2. The quantitative estimate of drug-likeness (QED) is 0.898. The van der Waals surface area contributed by atoms with Crippen molar-refractivity contribution >= 4 is 26.9 Å². The molecule has 0 bridgehead atoms. The summed E-state index contributed by atoms with van der Waals surface area (Å²) >= 11 is 1.03. The summed E-state index contributed by atoms with van der Waals surface area (Å²) in [5.41, 5.74) is 1.15. The van der Waals surface area contributed by atoms with E-state index in [0.717, 1.165) is 11.3 Å². The molecule has 1 heterocycles. The third kappa shape index (κ3) is 2.53. The molecule has 0 saturated heterocycles. The van der Waals surface area contributed by atoms with Gasteiger partial charge in [-0.3, -0.25) is 0 Å². The summed E-state index contributed by atoms with van der Waals surface area (Å²) in [6.07, 6.45) is 0. The van der Waals surface area contributed by atoms with E-state index < -0.39 is 10.0 Å². The second kappa shape index (κ2) is 5.20. The highest BCUT2D eigenvalue weighted by Gasteiger charge is 2.28. The van der Waals surface area contributed by atoms with Gasteiger partial charge >= 0.3 is 0 Å². The lowest BCUT2D eigenvalue weighted by molar-refractivity contribution is 0.433. The predicted octanol–water partition coefficient (Wildman–Crippen LogP) is 2.52. The lowest BCUT2D eigenvalue weighted by Gasteiger charge is -2.17. The van der Waals surface area contributed by atoms with Crippen LogP contribution < -0.4 is 0 Å². The molecule has 0 atom stereocenters. The summed E-state index contributed by atoms with van der Waals surface area (Å²) in [4.78, 5) is 0. The fourth-order valence-electron chi connectivity index (χ4n) is 1.50. The van der Waals surface area contributed by atoms with Crippen molar-refractivity contribution in [2.75, 3.05) is 13.1 Å². The Bertz CT molecular complexity index is 513. The summed E-state index contributed by atoms with van der Waals surface area (Å²) in [5.74, 6) is -0.186. The van der Waals surface area contributed by atoms with Gasteiger partial charge in [0.25, 0.3) is 10.0 Å². The minimum absolute atomic E-state index is 0.000741. The topological polar surface area (TPSA) is 57.6 Å². The smallest absolute Gasteiger partial charge is 0.256 e. The molecule has 0 aliphatic carbocycles. The summed E-state index contributed by atoms with van der Waals surface area (Å²) in [5, 5.41) is 11.5. The van der Waals surface area contributed by atoms with Gasteiger partial charge in [0.2, 0.25) is 0 Å². The fraction of sp³-hybridized carbons (Fsp3) is 0.455. The van der Waals surface area contributed by atoms with Crippen LogP contribution in [0.25, 0.3) is 5.57 Å². The molecule has 96 valence electrons. The van der Waals surface area contributed by atoms with Gasteiger partial charge in [-0.2, -0.15) is 4.31 Å². The highest BCUT2D eigenvalue weighted by Crippen LogP contribution is 2.38. The molecule has 0 spiro atoms. The van der Waals surface area contributed by atoms with E-state index in [9.17, 15) is 13.5 Å². The van der Waals surface area contributed by atoms with Gasteiger partial charge in [-0.1, -0.05) is 20.4 Å². The van der Waals surface area contributed by atoms with E-state index in [1.165, 1.54) is 4.31 Å². The van der Waals surface area contributed by atoms with Crippen LogP contribution in [0, 0.1) is 0 Å². The third-order valence-corrected chi connectivity index (χ3v) is 6.01. The zero-order chi connectivity index (χ0) is 13.2. The van der Waals surface area contributed by atoms with Crippen molar-refractivity contribution in [1.29, 1.82) is 0 Å². The van der Waals surface area contributed by atoms with Gasteiger partial charge in [-0.25, -0.2) is 8.42 Å². The van der Waals surface area contributed by atoms with E-state index in [1.54, 1.807) is 26.2 Å². The first-order valence-electron chi connectivity index (χ1n) is 5.32. The molecule has 0 aliphatic heterocycles. The van der Waals surface area contributed by atoms with Gasteiger partial charge in [-0.15, -0.1) is 11.3 Å². The molecule has 1 aromatic rings. The molecule has 4 nitrogen and oxygen atoms in total. The lowest BCUT2D eigenvalue weighted by atomic mass is 10.2. The number of hydrogen-bond acceptors (Lipinski definition) is 4. The number of nitrogens with zero attached hydrogens (tertiary/aromatic N) is 1. The Labute approximate surface area is 106 Å². The van der Waals surface area contributed by atoms with E-state index in [-0.39, 0.29) is 9.96 Å².